The van der Waals surface area contributed by atoms with Gasteiger partial charge in [0.15, 0.2) is 0 Å². The predicted octanol–water partition coefficient (Wildman–Crippen LogP) is 6.01. The molecule has 2 rings (SSSR count). The number of rotatable bonds is 7. The van der Waals surface area contributed by atoms with E-state index < -0.39 is 5.97 Å². The summed E-state index contributed by atoms with van der Waals surface area (Å²) in [4.78, 5) is 13.9. The SMILES string of the molecule is CC(C(CC(=Cc1ccccc1)C(=O)O)c1ccc(Cl)c(Cl)c1)N(C)C.Cl. The Balaban J connectivity index is 0.00000364. The van der Waals surface area contributed by atoms with E-state index in [1.165, 1.54) is 0 Å². The molecule has 0 aliphatic heterocycles. The van der Waals surface area contributed by atoms with Crippen LogP contribution in [0, 0.1) is 0 Å². The third-order valence-corrected chi connectivity index (χ3v) is 5.36. The summed E-state index contributed by atoms with van der Waals surface area (Å²) in [6.07, 6.45) is 2.12. The molecule has 0 saturated heterocycles. The number of carboxylic acids is 1. The minimum absolute atomic E-state index is 0. The number of hydrogen-bond donors (Lipinski definition) is 1. The minimum Gasteiger partial charge on any atom is -0.478 e. The van der Waals surface area contributed by atoms with Crippen molar-refractivity contribution >= 4 is 47.7 Å². The topological polar surface area (TPSA) is 40.5 Å². The summed E-state index contributed by atoms with van der Waals surface area (Å²) in [5, 5.41) is 10.7. The summed E-state index contributed by atoms with van der Waals surface area (Å²) in [7, 11) is 3.97. The second-order valence-electron chi connectivity index (χ2n) is 6.57. The van der Waals surface area contributed by atoms with Crippen molar-refractivity contribution in [1.29, 1.82) is 0 Å². The van der Waals surface area contributed by atoms with Crippen LogP contribution in [0.2, 0.25) is 10.0 Å². The molecule has 0 aliphatic rings. The van der Waals surface area contributed by atoms with Gasteiger partial charge in [-0.3, -0.25) is 0 Å². The number of hydrogen-bond acceptors (Lipinski definition) is 2. The first kappa shape index (κ1) is 23.5. The monoisotopic (exact) mass is 427 g/mol. The van der Waals surface area contributed by atoms with Gasteiger partial charge in [-0.15, -0.1) is 12.4 Å². The van der Waals surface area contributed by atoms with Gasteiger partial charge in [-0.05, 0) is 56.8 Å². The normalized spacial score (nSPS) is 13.8. The molecule has 0 aliphatic carbocycles. The quantitative estimate of drug-likeness (QED) is 0.549. The van der Waals surface area contributed by atoms with E-state index in [0.717, 1.165) is 11.1 Å². The molecule has 27 heavy (non-hydrogen) atoms. The maximum absolute atomic E-state index is 11.9. The maximum Gasteiger partial charge on any atom is 0.331 e. The van der Waals surface area contributed by atoms with Gasteiger partial charge in [-0.25, -0.2) is 4.79 Å². The second-order valence-corrected chi connectivity index (χ2v) is 7.39. The molecule has 3 nitrogen and oxygen atoms in total. The Hall–Kier alpha value is -1.52. The summed E-state index contributed by atoms with van der Waals surface area (Å²) in [6.45, 7) is 2.08. The molecule has 1 N–H and O–H groups in total. The molecule has 0 aromatic heterocycles. The first-order chi connectivity index (χ1) is 12.3. The van der Waals surface area contributed by atoms with Crippen LogP contribution in [0.5, 0.6) is 0 Å². The summed E-state index contributed by atoms with van der Waals surface area (Å²) in [6, 6.07) is 15.1. The van der Waals surface area contributed by atoms with E-state index in [1.54, 1.807) is 12.1 Å². The van der Waals surface area contributed by atoms with Crippen LogP contribution in [-0.4, -0.2) is 36.1 Å². The molecule has 0 amide bonds. The van der Waals surface area contributed by atoms with Gasteiger partial charge in [0.1, 0.15) is 0 Å². The van der Waals surface area contributed by atoms with Gasteiger partial charge in [0.05, 0.1) is 10.0 Å². The van der Waals surface area contributed by atoms with Crippen LogP contribution in [0.4, 0.5) is 0 Å². The molecule has 0 radical (unpaired) electrons. The van der Waals surface area contributed by atoms with Gasteiger partial charge in [-0.2, -0.15) is 0 Å². The lowest BCUT2D eigenvalue weighted by molar-refractivity contribution is -0.132. The van der Waals surface area contributed by atoms with Gasteiger partial charge in [0, 0.05) is 17.5 Å². The molecule has 0 spiro atoms. The van der Waals surface area contributed by atoms with Gasteiger partial charge < -0.3 is 10.0 Å². The van der Waals surface area contributed by atoms with Crippen molar-refractivity contribution in [2.24, 2.45) is 0 Å². The highest BCUT2D eigenvalue weighted by Crippen LogP contribution is 2.33. The molecule has 2 aromatic carbocycles. The highest BCUT2D eigenvalue weighted by atomic mass is 35.5. The predicted molar refractivity (Wildman–Crippen MR) is 116 cm³/mol. The highest BCUT2D eigenvalue weighted by molar-refractivity contribution is 6.42. The third kappa shape index (κ3) is 6.54. The Morgan fingerprint density at radius 2 is 1.74 bits per heavy atom. The summed E-state index contributed by atoms with van der Waals surface area (Å²) in [5.41, 5.74) is 2.21. The maximum atomic E-state index is 11.9. The number of likely N-dealkylation sites (N-methyl/N-ethyl adjacent to an activating group) is 1. The van der Waals surface area contributed by atoms with E-state index in [-0.39, 0.29) is 24.4 Å². The lowest BCUT2D eigenvalue weighted by Crippen LogP contribution is -2.32. The molecule has 2 aromatic rings. The Kier molecular flexibility index (Phi) is 9.34. The van der Waals surface area contributed by atoms with E-state index in [2.05, 4.69) is 11.8 Å². The number of benzene rings is 2. The first-order valence-electron chi connectivity index (χ1n) is 8.40. The number of carbonyl (C=O) groups is 1. The van der Waals surface area contributed by atoms with Crippen molar-refractivity contribution in [2.75, 3.05) is 14.1 Å². The van der Waals surface area contributed by atoms with Crippen LogP contribution in [0.15, 0.2) is 54.1 Å². The van der Waals surface area contributed by atoms with Crippen molar-refractivity contribution < 1.29 is 9.90 Å². The summed E-state index contributed by atoms with van der Waals surface area (Å²) >= 11 is 12.2. The van der Waals surface area contributed by atoms with E-state index in [0.29, 0.717) is 22.0 Å². The van der Waals surface area contributed by atoms with Crippen LogP contribution < -0.4 is 0 Å². The zero-order valence-corrected chi connectivity index (χ0v) is 17.9. The molecule has 2 unspecified atom stereocenters. The van der Waals surface area contributed by atoms with E-state index in [1.807, 2.05) is 56.6 Å². The van der Waals surface area contributed by atoms with Crippen molar-refractivity contribution in [1.82, 2.24) is 4.90 Å². The molecular formula is C21H24Cl3NO2. The van der Waals surface area contributed by atoms with Crippen molar-refractivity contribution in [3.05, 3.63) is 75.3 Å². The fourth-order valence-corrected chi connectivity index (χ4v) is 3.17. The summed E-state index contributed by atoms with van der Waals surface area (Å²) < 4.78 is 0. The lowest BCUT2D eigenvalue weighted by Gasteiger charge is -2.30. The second kappa shape index (κ2) is 10.7. The number of aliphatic carboxylic acids is 1. The minimum atomic E-state index is -0.912. The number of nitrogens with zero attached hydrogens (tertiary/aromatic N) is 1. The fourth-order valence-electron chi connectivity index (χ4n) is 2.87. The first-order valence-corrected chi connectivity index (χ1v) is 9.15. The smallest absolute Gasteiger partial charge is 0.331 e. The van der Waals surface area contributed by atoms with Gasteiger partial charge in [0.25, 0.3) is 0 Å². The summed E-state index contributed by atoms with van der Waals surface area (Å²) in [5.74, 6) is -0.948. The Morgan fingerprint density at radius 1 is 1.11 bits per heavy atom. The van der Waals surface area contributed by atoms with Gasteiger partial charge in [0.2, 0.25) is 0 Å². The van der Waals surface area contributed by atoms with Crippen molar-refractivity contribution in [3.63, 3.8) is 0 Å². The largest absolute Gasteiger partial charge is 0.478 e. The number of carboxylic acid groups (broad SMARTS) is 1. The van der Waals surface area contributed by atoms with Crippen LogP contribution >= 0.6 is 35.6 Å². The zero-order chi connectivity index (χ0) is 19.3. The van der Waals surface area contributed by atoms with E-state index in [4.69, 9.17) is 23.2 Å². The molecule has 146 valence electrons. The Morgan fingerprint density at radius 3 is 2.26 bits per heavy atom. The van der Waals surface area contributed by atoms with E-state index in [9.17, 15) is 9.90 Å². The average Bonchev–Trinajstić information content (AvgIpc) is 2.61. The standard InChI is InChI=1S/C21H23Cl2NO2.ClH/c1-14(24(2)3)18(16-9-10-19(22)20(23)13-16)12-17(21(25)26)11-15-7-5-4-6-8-15;/h4-11,13-14,18H,12H2,1-3H3,(H,25,26);1H. The highest BCUT2D eigenvalue weighted by Gasteiger charge is 2.25. The van der Waals surface area contributed by atoms with Crippen LogP contribution in [0.25, 0.3) is 6.08 Å². The average molecular weight is 429 g/mol. The lowest BCUT2D eigenvalue weighted by atomic mass is 9.85. The van der Waals surface area contributed by atoms with Crippen molar-refractivity contribution in [2.45, 2.75) is 25.3 Å². The van der Waals surface area contributed by atoms with E-state index >= 15 is 0 Å². The number of halogens is 3. The van der Waals surface area contributed by atoms with Gasteiger partial charge >= 0.3 is 5.97 Å². The molecule has 0 saturated carbocycles. The molecule has 6 heteroatoms. The molecule has 2 atom stereocenters. The third-order valence-electron chi connectivity index (χ3n) is 4.62. The Labute approximate surface area is 177 Å². The van der Waals surface area contributed by atoms with Crippen molar-refractivity contribution in [3.8, 4) is 0 Å². The fraction of sp³-hybridized carbons (Fsp3) is 0.286. The van der Waals surface area contributed by atoms with Gasteiger partial charge in [-0.1, -0.05) is 59.6 Å². The Bertz CT molecular complexity index is 791. The van der Waals surface area contributed by atoms with Crippen LogP contribution in [0.3, 0.4) is 0 Å². The molecule has 0 heterocycles. The zero-order valence-electron chi connectivity index (χ0n) is 15.5. The molecule has 0 fully saturated rings. The molecular weight excluding hydrogens is 405 g/mol. The van der Waals surface area contributed by atoms with Crippen LogP contribution in [-0.2, 0) is 4.79 Å². The van der Waals surface area contributed by atoms with Crippen LogP contribution in [0.1, 0.15) is 30.4 Å². The molecule has 0 bridgehead atoms.